The van der Waals surface area contributed by atoms with Gasteiger partial charge in [-0.05, 0) is 58.8 Å². The van der Waals surface area contributed by atoms with Crippen molar-refractivity contribution < 1.29 is 4.42 Å². The van der Waals surface area contributed by atoms with Crippen LogP contribution >= 0.6 is 0 Å². The quantitative estimate of drug-likeness (QED) is 0.177. The fraction of sp³-hybridized carbons (Fsp3) is 0.0566. The molecule has 0 fully saturated rings. The first-order valence-electron chi connectivity index (χ1n) is 19.4. The Morgan fingerprint density at radius 1 is 0.446 bits per heavy atom. The molecule has 3 nitrogen and oxygen atoms in total. The molecule has 0 bridgehead atoms. The number of hydrogen-bond acceptors (Lipinski definition) is 3. The molecule has 0 saturated heterocycles. The van der Waals surface area contributed by atoms with Crippen LogP contribution in [0.3, 0.4) is 0 Å². The normalized spacial score (nSPS) is 13.3. The average Bonchev–Trinajstić information content (AvgIpc) is 3.64. The monoisotopic (exact) mass is 718 g/mol. The molecule has 0 saturated carbocycles. The highest BCUT2D eigenvalue weighted by Crippen LogP contribution is 2.59. The Morgan fingerprint density at radius 3 is 1.91 bits per heavy atom. The Morgan fingerprint density at radius 2 is 1.05 bits per heavy atom. The molecule has 0 unspecified atom stereocenters. The summed E-state index contributed by atoms with van der Waals surface area (Å²) in [5.41, 5.74) is 13.0. The van der Waals surface area contributed by atoms with Gasteiger partial charge in [0, 0.05) is 49.3 Å². The lowest BCUT2D eigenvalue weighted by molar-refractivity contribution is 0.632. The second kappa shape index (κ2) is 12.5. The zero-order chi connectivity index (χ0) is 37.4. The van der Waals surface area contributed by atoms with Gasteiger partial charge in [0.15, 0.2) is 0 Å². The van der Waals surface area contributed by atoms with Crippen molar-refractivity contribution in [2.24, 2.45) is 0 Å². The van der Waals surface area contributed by atoms with Gasteiger partial charge in [-0.15, -0.1) is 0 Å². The second-order valence-corrected chi connectivity index (χ2v) is 15.3. The van der Waals surface area contributed by atoms with E-state index >= 15 is 0 Å². The van der Waals surface area contributed by atoms with Crippen molar-refractivity contribution in [3.63, 3.8) is 0 Å². The Labute approximate surface area is 326 Å². The molecule has 0 spiro atoms. The van der Waals surface area contributed by atoms with Crippen molar-refractivity contribution in [2.75, 3.05) is 9.80 Å². The highest BCUT2D eigenvalue weighted by Gasteiger charge is 2.41. The van der Waals surface area contributed by atoms with Crippen LogP contribution in [0.2, 0.25) is 0 Å². The molecule has 0 radical (unpaired) electrons. The standard InChI is InChI=1S/C53H38N2O/c1-53(2)44-27-11-12-28-46(44)55(48-31-16-30-47(50(48)53)54(37-20-4-3-5-21-37)45-29-14-19-35-17-6-8-22-38(35)45)51-39-23-9-7-18-36(39)33-34-41(51)43-26-15-25-42-40-24-10-13-32-49(40)56-52(42)43/h3-34H,1-2H3. The van der Waals surface area contributed by atoms with Gasteiger partial charge >= 0.3 is 0 Å². The van der Waals surface area contributed by atoms with Crippen LogP contribution in [0.15, 0.2) is 199 Å². The molecule has 1 aliphatic heterocycles. The Kier molecular flexibility index (Phi) is 7.20. The van der Waals surface area contributed by atoms with E-state index in [0.717, 1.165) is 61.5 Å². The number of para-hydroxylation sites is 4. The third-order valence-corrected chi connectivity index (χ3v) is 11.8. The van der Waals surface area contributed by atoms with E-state index in [9.17, 15) is 0 Å². The number of rotatable bonds is 5. The first-order chi connectivity index (χ1) is 27.6. The Hall–Kier alpha value is -7.10. The first kappa shape index (κ1) is 32.3. The molecule has 1 aromatic heterocycles. The average molecular weight is 719 g/mol. The van der Waals surface area contributed by atoms with E-state index in [0.29, 0.717) is 0 Å². The number of benzene rings is 9. The molecule has 2 heterocycles. The largest absolute Gasteiger partial charge is 0.455 e. The predicted octanol–water partition coefficient (Wildman–Crippen LogP) is 15.1. The number of fused-ring (bicyclic) bond motifs is 7. The van der Waals surface area contributed by atoms with Gasteiger partial charge in [-0.1, -0.05) is 166 Å². The summed E-state index contributed by atoms with van der Waals surface area (Å²) in [6, 6.07) is 70.2. The molecule has 0 atom stereocenters. The Bertz CT molecular complexity index is 3130. The summed E-state index contributed by atoms with van der Waals surface area (Å²) in [5, 5.41) is 7.03. The minimum absolute atomic E-state index is 0.361. The minimum atomic E-state index is -0.361. The lowest BCUT2D eigenvalue weighted by Crippen LogP contribution is -2.32. The zero-order valence-electron chi connectivity index (χ0n) is 31.3. The maximum Gasteiger partial charge on any atom is 0.143 e. The molecule has 9 aromatic carbocycles. The molecule has 1 aliphatic rings. The fourth-order valence-electron chi connectivity index (χ4n) is 9.30. The molecule has 10 aromatic rings. The summed E-state index contributed by atoms with van der Waals surface area (Å²) in [6.07, 6.45) is 0. The van der Waals surface area contributed by atoms with Crippen LogP contribution in [0.1, 0.15) is 25.0 Å². The highest BCUT2D eigenvalue weighted by atomic mass is 16.3. The van der Waals surface area contributed by atoms with Crippen LogP contribution in [0.5, 0.6) is 0 Å². The summed E-state index contributed by atoms with van der Waals surface area (Å²) in [5.74, 6) is 0. The maximum atomic E-state index is 6.72. The fourth-order valence-corrected chi connectivity index (χ4v) is 9.30. The Balaban J connectivity index is 1.25. The van der Waals surface area contributed by atoms with Crippen LogP contribution in [-0.2, 0) is 5.41 Å². The van der Waals surface area contributed by atoms with E-state index in [1.807, 2.05) is 6.07 Å². The molecule has 3 heteroatoms. The van der Waals surface area contributed by atoms with E-state index in [4.69, 9.17) is 4.42 Å². The van der Waals surface area contributed by atoms with E-state index in [1.165, 1.54) is 38.4 Å². The van der Waals surface area contributed by atoms with Crippen LogP contribution in [0.25, 0.3) is 54.6 Å². The summed E-state index contributed by atoms with van der Waals surface area (Å²) in [7, 11) is 0. The number of nitrogens with zero attached hydrogens (tertiary/aromatic N) is 2. The predicted molar refractivity (Wildman–Crippen MR) is 236 cm³/mol. The smallest absolute Gasteiger partial charge is 0.143 e. The summed E-state index contributed by atoms with van der Waals surface area (Å²) in [4.78, 5) is 5.00. The van der Waals surface area contributed by atoms with Crippen molar-refractivity contribution in [2.45, 2.75) is 19.3 Å². The molecular weight excluding hydrogens is 681 g/mol. The van der Waals surface area contributed by atoms with Gasteiger partial charge in [0.1, 0.15) is 11.2 Å². The summed E-state index contributed by atoms with van der Waals surface area (Å²) >= 11 is 0. The topological polar surface area (TPSA) is 19.6 Å². The van der Waals surface area contributed by atoms with Gasteiger partial charge < -0.3 is 14.2 Å². The molecule has 11 rings (SSSR count). The molecule has 0 N–H and O–H groups in total. The van der Waals surface area contributed by atoms with Crippen molar-refractivity contribution in [3.05, 3.63) is 205 Å². The van der Waals surface area contributed by atoms with Crippen LogP contribution < -0.4 is 9.80 Å². The van der Waals surface area contributed by atoms with Gasteiger partial charge in [0.25, 0.3) is 0 Å². The van der Waals surface area contributed by atoms with Gasteiger partial charge in [0.05, 0.1) is 28.4 Å². The van der Waals surface area contributed by atoms with E-state index in [1.54, 1.807) is 0 Å². The second-order valence-electron chi connectivity index (χ2n) is 15.3. The molecule has 0 aliphatic carbocycles. The van der Waals surface area contributed by atoms with Crippen LogP contribution in [-0.4, -0.2) is 0 Å². The van der Waals surface area contributed by atoms with Crippen molar-refractivity contribution in [1.29, 1.82) is 0 Å². The number of hydrogen-bond donors (Lipinski definition) is 0. The maximum absolute atomic E-state index is 6.72. The van der Waals surface area contributed by atoms with Crippen molar-refractivity contribution >= 4 is 77.6 Å². The molecule has 56 heavy (non-hydrogen) atoms. The summed E-state index contributed by atoms with van der Waals surface area (Å²) < 4.78 is 6.72. The molecule has 266 valence electrons. The van der Waals surface area contributed by atoms with Crippen molar-refractivity contribution in [3.8, 4) is 11.1 Å². The highest BCUT2D eigenvalue weighted by molar-refractivity contribution is 6.14. The molecular formula is C53H38N2O. The van der Waals surface area contributed by atoms with Crippen molar-refractivity contribution in [1.82, 2.24) is 0 Å². The SMILES string of the molecule is CC1(C)c2ccccc2N(c2c(-c3cccc4c3oc3ccccc34)ccc3ccccc23)c2cccc(N(c3ccccc3)c3cccc4ccccc34)c21. The van der Waals surface area contributed by atoms with E-state index in [-0.39, 0.29) is 5.41 Å². The lowest BCUT2D eigenvalue weighted by Gasteiger charge is -2.45. The molecule has 0 amide bonds. The van der Waals surface area contributed by atoms with Gasteiger partial charge in [-0.2, -0.15) is 0 Å². The third-order valence-electron chi connectivity index (χ3n) is 11.8. The van der Waals surface area contributed by atoms with E-state index < -0.39 is 0 Å². The first-order valence-corrected chi connectivity index (χ1v) is 19.4. The third kappa shape index (κ3) is 4.77. The van der Waals surface area contributed by atoms with Crippen LogP contribution in [0.4, 0.5) is 34.1 Å². The van der Waals surface area contributed by atoms with Gasteiger partial charge in [0.2, 0.25) is 0 Å². The van der Waals surface area contributed by atoms with Gasteiger partial charge in [-0.25, -0.2) is 0 Å². The number of furan rings is 1. The number of anilines is 6. The minimum Gasteiger partial charge on any atom is -0.455 e. The zero-order valence-corrected chi connectivity index (χ0v) is 31.3. The summed E-state index contributed by atoms with van der Waals surface area (Å²) in [6.45, 7) is 4.77. The van der Waals surface area contributed by atoms with E-state index in [2.05, 4.69) is 212 Å². The van der Waals surface area contributed by atoms with Gasteiger partial charge in [-0.3, -0.25) is 0 Å². The lowest BCUT2D eigenvalue weighted by atomic mass is 9.72. The van der Waals surface area contributed by atoms with Crippen LogP contribution in [0, 0.1) is 0 Å².